The molecule has 0 aliphatic rings. The Morgan fingerprint density at radius 2 is 1.87 bits per heavy atom. The van der Waals surface area contributed by atoms with Crippen LogP contribution in [0.1, 0.15) is 11.1 Å². The number of benzene rings is 1. The molecule has 0 fully saturated rings. The summed E-state index contributed by atoms with van der Waals surface area (Å²) in [4.78, 5) is 5.53. The minimum atomic E-state index is 0.965. The molecule has 0 amide bonds. The highest BCUT2D eigenvalue weighted by atomic mass is 32.1. The Balaban J connectivity index is 2.53. The van der Waals surface area contributed by atoms with E-state index in [1.54, 1.807) is 11.3 Å². The molecule has 0 spiro atoms. The van der Waals surface area contributed by atoms with Gasteiger partial charge < -0.3 is 5.32 Å². The summed E-state index contributed by atoms with van der Waals surface area (Å²) in [5, 5.41) is 4.03. The molecule has 2 rings (SSSR count). The monoisotopic (exact) mass is 218 g/mol. The quantitative estimate of drug-likeness (QED) is 0.835. The largest absolute Gasteiger partial charge is 0.365 e. The van der Waals surface area contributed by atoms with Crippen molar-refractivity contribution in [2.75, 3.05) is 12.4 Å². The first-order valence-corrected chi connectivity index (χ1v) is 5.74. The van der Waals surface area contributed by atoms with Crippen LogP contribution in [-0.2, 0) is 0 Å². The maximum atomic E-state index is 4.30. The molecule has 0 saturated heterocycles. The lowest BCUT2D eigenvalue weighted by atomic mass is 10.0. The van der Waals surface area contributed by atoms with Crippen LogP contribution in [0.4, 0.5) is 5.13 Å². The number of thiazole rings is 1. The molecule has 0 radical (unpaired) electrons. The average molecular weight is 218 g/mol. The maximum Gasteiger partial charge on any atom is 0.182 e. The van der Waals surface area contributed by atoms with Gasteiger partial charge in [-0.15, -0.1) is 0 Å². The molecule has 1 aromatic heterocycles. The summed E-state index contributed by atoms with van der Waals surface area (Å²) in [5.41, 5.74) is 3.93. The summed E-state index contributed by atoms with van der Waals surface area (Å²) in [6.07, 6.45) is 1.94. The predicted molar refractivity (Wildman–Crippen MR) is 66.6 cm³/mol. The van der Waals surface area contributed by atoms with Crippen LogP contribution in [0.25, 0.3) is 10.4 Å². The van der Waals surface area contributed by atoms with Crippen molar-refractivity contribution >= 4 is 16.5 Å². The van der Waals surface area contributed by atoms with E-state index in [4.69, 9.17) is 0 Å². The second-order valence-corrected chi connectivity index (χ2v) is 4.58. The molecule has 2 aromatic rings. The van der Waals surface area contributed by atoms with Crippen LogP contribution >= 0.6 is 11.3 Å². The third kappa shape index (κ3) is 1.88. The van der Waals surface area contributed by atoms with Crippen LogP contribution in [0, 0.1) is 13.8 Å². The summed E-state index contributed by atoms with van der Waals surface area (Å²) in [6, 6.07) is 6.37. The lowest BCUT2D eigenvalue weighted by Crippen LogP contribution is -1.84. The number of rotatable bonds is 2. The highest BCUT2D eigenvalue weighted by molar-refractivity contribution is 7.18. The van der Waals surface area contributed by atoms with Gasteiger partial charge in [0.25, 0.3) is 0 Å². The van der Waals surface area contributed by atoms with E-state index in [2.05, 4.69) is 42.3 Å². The van der Waals surface area contributed by atoms with Crippen LogP contribution in [0.2, 0.25) is 0 Å². The zero-order valence-electron chi connectivity index (χ0n) is 9.16. The van der Waals surface area contributed by atoms with Crippen LogP contribution in [-0.4, -0.2) is 12.0 Å². The Bertz CT molecular complexity index is 454. The van der Waals surface area contributed by atoms with Gasteiger partial charge in [-0.05, 0) is 30.5 Å². The highest BCUT2D eigenvalue weighted by Gasteiger charge is 2.08. The van der Waals surface area contributed by atoms with Gasteiger partial charge in [0, 0.05) is 13.2 Å². The molecular weight excluding hydrogens is 204 g/mol. The number of anilines is 1. The number of hydrogen-bond donors (Lipinski definition) is 1. The molecule has 0 atom stereocenters. The number of nitrogens with zero attached hydrogens (tertiary/aromatic N) is 1. The Kier molecular flexibility index (Phi) is 2.73. The summed E-state index contributed by atoms with van der Waals surface area (Å²) >= 11 is 1.69. The van der Waals surface area contributed by atoms with Crippen molar-refractivity contribution in [3.63, 3.8) is 0 Å². The van der Waals surface area contributed by atoms with E-state index in [0.717, 1.165) is 5.13 Å². The second kappa shape index (κ2) is 4.03. The van der Waals surface area contributed by atoms with E-state index in [9.17, 15) is 0 Å². The van der Waals surface area contributed by atoms with Crippen molar-refractivity contribution in [3.05, 3.63) is 35.5 Å². The highest BCUT2D eigenvalue weighted by Crippen LogP contribution is 2.33. The van der Waals surface area contributed by atoms with Crippen molar-refractivity contribution in [2.24, 2.45) is 0 Å². The molecule has 3 heteroatoms. The van der Waals surface area contributed by atoms with Crippen molar-refractivity contribution in [2.45, 2.75) is 13.8 Å². The van der Waals surface area contributed by atoms with E-state index in [0.29, 0.717) is 0 Å². The van der Waals surface area contributed by atoms with Crippen LogP contribution < -0.4 is 5.32 Å². The lowest BCUT2D eigenvalue weighted by molar-refractivity contribution is 1.35. The molecule has 0 aliphatic carbocycles. The first-order chi connectivity index (χ1) is 7.22. The Morgan fingerprint density at radius 1 is 1.20 bits per heavy atom. The summed E-state index contributed by atoms with van der Waals surface area (Å²) in [7, 11) is 1.90. The van der Waals surface area contributed by atoms with Gasteiger partial charge in [-0.25, -0.2) is 4.98 Å². The number of aryl methyl sites for hydroxylation is 2. The van der Waals surface area contributed by atoms with Crippen LogP contribution in [0.5, 0.6) is 0 Å². The van der Waals surface area contributed by atoms with Crippen molar-refractivity contribution in [1.29, 1.82) is 0 Å². The van der Waals surface area contributed by atoms with Gasteiger partial charge in [-0.3, -0.25) is 0 Å². The molecule has 78 valence electrons. The normalized spacial score (nSPS) is 10.3. The number of nitrogens with one attached hydrogen (secondary N) is 1. The van der Waals surface area contributed by atoms with E-state index in [1.807, 2.05) is 13.2 Å². The molecule has 15 heavy (non-hydrogen) atoms. The second-order valence-electron chi connectivity index (χ2n) is 3.55. The van der Waals surface area contributed by atoms with Crippen molar-refractivity contribution < 1.29 is 0 Å². The number of hydrogen-bond acceptors (Lipinski definition) is 3. The Hall–Kier alpha value is -1.35. The molecule has 0 unspecified atom stereocenters. The number of aromatic nitrogens is 1. The fraction of sp³-hybridized carbons (Fsp3) is 0.250. The molecular formula is C12H14N2S. The van der Waals surface area contributed by atoms with E-state index >= 15 is 0 Å². The smallest absolute Gasteiger partial charge is 0.182 e. The van der Waals surface area contributed by atoms with E-state index in [1.165, 1.54) is 21.6 Å². The maximum absolute atomic E-state index is 4.30. The molecule has 1 N–H and O–H groups in total. The third-order valence-corrected chi connectivity index (χ3v) is 3.48. The van der Waals surface area contributed by atoms with Crippen LogP contribution in [0.15, 0.2) is 24.4 Å². The molecule has 0 aliphatic heterocycles. The van der Waals surface area contributed by atoms with Gasteiger partial charge in [-0.2, -0.15) is 0 Å². The fourth-order valence-corrected chi connectivity index (χ4v) is 2.65. The van der Waals surface area contributed by atoms with Crippen molar-refractivity contribution in [3.8, 4) is 10.4 Å². The van der Waals surface area contributed by atoms with Gasteiger partial charge in [0.2, 0.25) is 0 Å². The summed E-state index contributed by atoms with van der Waals surface area (Å²) < 4.78 is 0. The Labute approximate surface area is 94.0 Å². The van der Waals surface area contributed by atoms with E-state index in [-0.39, 0.29) is 0 Å². The van der Waals surface area contributed by atoms with Gasteiger partial charge in [0.05, 0.1) is 4.88 Å². The standard InChI is InChI=1S/C12H14N2S/c1-8-5-4-6-9(2)11(8)10-7-14-12(13-3)15-10/h4-7H,1-3H3,(H,13,14). The molecule has 1 aromatic carbocycles. The lowest BCUT2D eigenvalue weighted by Gasteiger charge is -2.05. The van der Waals surface area contributed by atoms with Gasteiger partial charge in [0.15, 0.2) is 5.13 Å². The molecule has 0 bridgehead atoms. The minimum Gasteiger partial charge on any atom is -0.365 e. The van der Waals surface area contributed by atoms with Gasteiger partial charge >= 0.3 is 0 Å². The topological polar surface area (TPSA) is 24.9 Å². The predicted octanol–water partition coefficient (Wildman–Crippen LogP) is 3.47. The molecule has 1 heterocycles. The fourth-order valence-electron chi connectivity index (χ4n) is 1.71. The SMILES string of the molecule is CNc1ncc(-c2c(C)cccc2C)s1. The van der Waals surface area contributed by atoms with E-state index < -0.39 is 0 Å². The van der Waals surface area contributed by atoms with Gasteiger partial charge in [-0.1, -0.05) is 29.5 Å². The zero-order chi connectivity index (χ0) is 10.8. The first-order valence-electron chi connectivity index (χ1n) is 4.92. The average Bonchev–Trinajstić information content (AvgIpc) is 2.66. The third-order valence-electron chi connectivity index (χ3n) is 2.45. The molecule has 0 saturated carbocycles. The summed E-state index contributed by atoms with van der Waals surface area (Å²) in [5.74, 6) is 0. The van der Waals surface area contributed by atoms with Gasteiger partial charge in [0.1, 0.15) is 0 Å². The first kappa shape index (κ1) is 10.2. The Morgan fingerprint density at radius 3 is 2.40 bits per heavy atom. The zero-order valence-corrected chi connectivity index (χ0v) is 9.98. The van der Waals surface area contributed by atoms with Crippen LogP contribution in [0.3, 0.4) is 0 Å². The van der Waals surface area contributed by atoms with Crippen molar-refractivity contribution in [1.82, 2.24) is 4.98 Å². The summed E-state index contributed by atoms with van der Waals surface area (Å²) in [6.45, 7) is 4.28. The minimum absolute atomic E-state index is 0.965. The molecule has 2 nitrogen and oxygen atoms in total.